The lowest BCUT2D eigenvalue weighted by molar-refractivity contribution is 1.10. The zero-order chi connectivity index (χ0) is 10.8. The Bertz CT molecular complexity index is 460. The molecular weight excluding hydrogens is 235 g/mol. The maximum Gasteiger partial charge on any atom is 0.143 e. The van der Waals surface area contributed by atoms with E-state index in [9.17, 15) is 0 Å². The molecule has 1 aromatic carbocycles. The zero-order valence-electron chi connectivity index (χ0n) is 7.59. The van der Waals surface area contributed by atoms with Crippen LogP contribution in [-0.2, 0) is 0 Å². The van der Waals surface area contributed by atoms with Gasteiger partial charge in [-0.3, -0.25) is 5.10 Å². The van der Waals surface area contributed by atoms with E-state index in [2.05, 4.69) is 15.5 Å². The molecule has 15 heavy (non-hydrogen) atoms. The molecule has 0 atom stereocenters. The Morgan fingerprint density at radius 2 is 1.87 bits per heavy atom. The Hall–Kier alpha value is -1.39. The van der Waals surface area contributed by atoms with E-state index in [1.165, 1.54) is 0 Å². The molecule has 0 bridgehead atoms. The molecule has 0 unspecified atom stereocenters. The Morgan fingerprint density at radius 1 is 1.20 bits per heavy atom. The molecule has 78 valence electrons. The molecule has 4 N–H and O–H groups in total. The summed E-state index contributed by atoms with van der Waals surface area (Å²) in [5.41, 5.74) is 7.07. The normalized spacial score (nSPS) is 10.3. The first-order valence-electron chi connectivity index (χ1n) is 4.17. The van der Waals surface area contributed by atoms with Crippen LogP contribution in [0.25, 0.3) is 0 Å². The van der Waals surface area contributed by atoms with E-state index >= 15 is 0 Å². The summed E-state index contributed by atoms with van der Waals surface area (Å²) >= 11 is 11.7. The molecule has 2 aromatic rings. The number of aromatic amines is 1. The van der Waals surface area contributed by atoms with Crippen molar-refractivity contribution in [3.63, 3.8) is 0 Å². The Balaban J connectivity index is 2.28. The highest BCUT2D eigenvalue weighted by Crippen LogP contribution is 2.26. The average molecular weight is 243 g/mol. The number of aromatic nitrogens is 2. The van der Waals surface area contributed by atoms with Crippen LogP contribution in [0, 0.1) is 0 Å². The second-order valence-electron chi connectivity index (χ2n) is 2.98. The van der Waals surface area contributed by atoms with Crippen LogP contribution >= 0.6 is 23.2 Å². The van der Waals surface area contributed by atoms with Crippen molar-refractivity contribution >= 4 is 40.4 Å². The molecule has 1 aromatic heterocycles. The van der Waals surface area contributed by atoms with Gasteiger partial charge in [-0.1, -0.05) is 23.2 Å². The van der Waals surface area contributed by atoms with Gasteiger partial charge in [-0.15, -0.1) is 0 Å². The van der Waals surface area contributed by atoms with Gasteiger partial charge in [0.2, 0.25) is 0 Å². The number of rotatable bonds is 2. The lowest BCUT2D eigenvalue weighted by Gasteiger charge is -2.05. The molecule has 0 fully saturated rings. The van der Waals surface area contributed by atoms with Gasteiger partial charge in [0, 0.05) is 15.7 Å². The quantitative estimate of drug-likeness (QED) is 0.759. The van der Waals surface area contributed by atoms with Crippen LogP contribution in [0.4, 0.5) is 17.2 Å². The van der Waals surface area contributed by atoms with Gasteiger partial charge in [-0.05, 0) is 18.2 Å². The third kappa shape index (κ3) is 2.34. The van der Waals surface area contributed by atoms with E-state index in [0.29, 0.717) is 21.6 Å². The van der Waals surface area contributed by atoms with Crippen LogP contribution in [-0.4, -0.2) is 10.2 Å². The Labute approximate surface area is 96.4 Å². The van der Waals surface area contributed by atoms with Crippen molar-refractivity contribution in [1.29, 1.82) is 0 Å². The number of hydrogen-bond donors (Lipinski definition) is 3. The summed E-state index contributed by atoms with van der Waals surface area (Å²) in [6, 6.07) is 5.16. The number of benzene rings is 1. The van der Waals surface area contributed by atoms with E-state index in [4.69, 9.17) is 28.9 Å². The fourth-order valence-electron chi connectivity index (χ4n) is 1.18. The summed E-state index contributed by atoms with van der Waals surface area (Å²) in [4.78, 5) is 0. The molecule has 2 rings (SSSR count). The molecule has 0 spiro atoms. The Morgan fingerprint density at radius 3 is 2.40 bits per heavy atom. The highest BCUT2D eigenvalue weighted by atomic mass is 35.5. The average Bonchev–Trinajstić information content (AvgIpc) is 2.50. The lowest BCUT2D eigenvalue weighted by Crippen LogP contribution is -1.93. The molecular formula is C9H8Cl2N4. The standard InChI is InChI=1S/C9H8Cl2N4/c10-5-1-6(11)3-7(2-5)14-8-4-13-15-9(8)12/h1-4,14H,(H3,12,13,15). The first kappa shape index (κ1) is 10.1. The van der Waals surface area contributed by atoms with Crippen LogP contribution in [0.5, 0.6) is 0 Å². The van der Waals surface area contributed by atoms with Crippen molar-refractivity contribution in [3.05, 3.63) is 34.4 Å². The van der Waals surface area contributed by atoms with Gasteiger partial charge in [0.15, 0.2) is 0 Å². The molecule has 6 heteroatoms. The smallest absolute Gasteiger partial charge is 0.143 e. The van der Waals surface area contributed by atoms with Crippen LogP contribution in [0.3, 0.4) is 0 Å². The van der Waals surface area contributed by atoms with Gasteiger partial charge >= 0.3 is 0 Å². The van der Waals surface area contributed by atoms with E-state index in [0.717, 1.165) is 5.69 Å². The largest absolute Gasteiger partial charge is 0.382 e. The number of nitrogens with one attached hydrogen (secondary N) is 2. The molecule has 0 radical (unpaired) electrons. The number of H-pyrrole nitrogens is 1. The summed E-state index contributed by atoms with van der Waals surface area (Å²) in [5, 5.41) is 10.6. The molecule has 0 amide bonds. The first-order valence-corrected chi connectivity index (χ1v) is 4.93. The highest BCUT2D eigenvalue weighted by Gasteiger charge is 2.03. The van der Waals surface area contributed by atoms with Crippen molar-refractivity contribution in [3.8, 4) is 0 Å². The van der Waals surface area contributed by atoms with E-state index in [1.807, 2.05) is 0 Å². The van der Waals surface area contributed by atoms with Gasteiger partial charge < -0.3 is 11.1 Å². The number of hydrogen-bond acceptors (Lipinski definition) is 3. The predicted octanol–water partition coefficient (Wildman–Crippen LogP) is 3.04. The van der Waals surface area contributed by atoms with Crippen molar-refractivity contribution in [1.82, 2.24) is 10.2 Å². The fourth-order valence-corrected chi connectivity index (χ4v) is 1.70. The minimum atomic E-state index is 0.464. The molecule has 1 heterocycles. The van der Waals surface area contributed by atoms with E-state index in [1.54, 1.807) is 24.4 Å². The fraction of sp³-hybridized carbons (Fsp3) is 0. The van der Waals surface area contributed by atoms with Crippen LogP contribution in [0.15, 0.2) is 24.4 Å². The van der Waals surface area contributed by atoms with E-state index in [-0.39, 0.29) is 0 Å². The van der Waals surface area contributed by atoms with Crippen LogP contribution in [0.2, 0.25) is 10.0 Å². The third-order valence-electron chi connectivity index (χ3n) is 1.81. The number of nitrogen functional groups attached to an aromatic ring is 1. The maximum absolute atomic E-state index is 5.85. The topological polar surface area (TPSA) is 66.7 Å². The third-order valence-corrected chi connectivity index (χ3v) is 2.25. The summed E-state index contributed by atoms with van der Waals surface area (Å²) < 4.78 is 0. The first-order chi connectivity index (χ1) is 7.15. The molecule has 0 saturated carbocycles. The summed E-state index contributed by atoms with van der Waals surface area (Å²) in [7, 11) is 0. The van der Waals surface area contributed by atoms with Crippen LogP contribution < -0.4 is 11.1 Å². The second-order valence-corrected chi connectivity index (χ2v) is 3.85. The summed E-state index contributed by atoms with van der Waals surface area (Å²) in [5.74, 6) is 0.464. The van der Waals surface area contributed by atoms with Gasteiger partial charge in [0.1, 0.15) is 11.5 Å². The van der Waals surface area contributed by atoms with Crippen molar-refractivity contribution in [2.45, 2.75) is 0 Å². The van der Waals surface area contributed by atoms with Gasteiger partial charge in [-0.25, -0.2) is 0 Å². The summed E-state index contributed by atoms with van der Waals surface area (Å²) in [6.45, 7) is 0. The number of nitrogens with two attached hydrogens (primary N) is 1. The van der Waals surface area contributed by atoms with Gasteiger partial charge in [0.25, 0.3) is 0 Å². The molecule has 0 saturated heterocycles. The molecule has 0 aliphatic heterocycles. The highest BCUT2D eigenvalue weighted by molar-refractivity contribution is 6.35. The monoisotopic (exact) mass is 242 g/mol. The van der Waals surface area contributed by atoms with Crippen molar-refractivity contribution in [2.75, 3.05) is 11.1 Å². The van der Waals surface area contributed by atoms with E-state index < -0.39 is 0 Å². The van der Waals surface area contributed by atoms with Crippen LogP contribution in [0.1, 0.15) is 0 Å². The van der Waals surface area contributed by atoms with Gasteiger partial charge in [-0.2, -0.15) is 5.10 Å². The maximum atomic E-state index is 5.85. The summed E-state index contributed by atoms with van der Waals surface area (Å²) in [6.07, 6.45) is 1.59. The number of halogens is 2. The minimum Gasteiger partial charge on any atom is -0.382 e. The molecule has 4 nitrogen and oxygen atoms in total. The SMILES string of the molecule is Nc1[nH]ncc1Nc1cc(Cl)cc(Cl)c1. The number of nitrogens with zero attached hydrogens (tertiary/aromatic N) is 1. The van der Waals surface area contributed by atoms with Crippen molar-refractivity contribution in [2.24, 2.45) is 0 Å². The predicted molar refractivity (Wildman–Crippen MR) is 62.7 cm³/mol. The lowest BCUT2D eigenvalue weighted by atomic mass is 10.3. The molecule has 0 aliphatic rings. The zero-order valence-corrected chi connectivity index (χ0v) is 9.10. The second kappa shape index (κ2) is 4.00. The van der Waals surface area contributed by atoms with Gasteiger partial charge in [0.05, 0.1) is 6.20 Å². The molecule has 0 aliphatic carbocycles. The van der Waals surface area contributed by atoms with Crippen molar-refractivity contribution < 1.29 is 0 Å². The number of anilines is 3. The Kier molecular flexibility index (Phi) is 2.70. The minimum absolute atomic E-state index is 0.464.